The maximum Gasteiger partial charge on any atom is 0.274 e. The van der Waals surface area contributed by atoms with Gasteiger partial charge in [0.2, 0.25) is 0 Å². The molecule has 2 aromatic carbocycles. The zero-order valence-corrected chi connectivity index (χ0v) is 25.4. The van der Waals surface area contributed by atoms with Gasteiger partial charge in [0.05, 0.1) is 11.9 Å². The van der Waals surface area contributed by atoms with Gasteiger partial charge < -0.3 is 19.7 Å². The van der Waals surface area contributed by atoms with E-state index in [0.717, 1.165) is 43.0 Å². The molecule has 4 aromatic rings. The van der Waals surface area contributed by atoms with Crippen LogP contribution in [0.1, 0.15) is 64.6 Å². The monoisotopic (exact) mass is 591 g/mol. The first-order valence-corrected chi connectivity index (χ1v) is 15.7. The van der Waals surface area contributed by atoms with Crippen LogP contribution >= 0.6 is 0 Å². The van der Waals surface area contributed by atoms with Gasteiger partial charge in [0, 0.05) is 57.0 Å². The summed E-state index contributed by atoms with van der Waals surface area (Å²) in [7, 11) is 3.82. The van der Waals surface area contributed by atoms with Crippen molar-refractivity contribution >= 4 is 23.0 Å². The normalized spacial score (nSPS) is 19.6. The van der Waals surface area contributed by atoms with Gasteiger partial charge in [-0.05, 0) is 103 Å². The molecule has 44 heavy (non-hydrogen) atoms. The number of anilines is 3. The number of nitrogens with one attached hydrogen (secondary N) is 1. The maximum atomic E-state index is 15.0. The van der Waals surface area contributed by atoms with Crippen LogP contribution in [0.15, 0.2) is 71.8 Å². The van der Waals surface area contributed by atoms with Crippen molar-refractivity contribution in [3.63, 3.8) is 0 Å². The minimum Gasteiger partial charge on any atom is -0.368 e. The van der Waals surface area contributed by atoms with Crippen LogP contribution in [0.5, 0.6) is 0 Å². The second kappa shape index (κ2) is 11.7. The van der Waals surface area contributed by atoms with E-state index in [0.29, 0.717) is 34.5 Å². The zero-order chi connectivity index (χ0) is 30.4. The molecule has 0 atom stereocenters. The molecule has 1 saturated carbocycles. The molecule has 0 radical (unpaired) electrons. The van der Waals surface area contributed by atoms with Gasteiger partial charge in [0.15, 0.2) is 5.78 Å². The number of ketones is 1. The molecule has 2 bridgehead atoms. The summed E-state index contributed by atoms with van der Waals surface area (Å²) < 4.78 is 16.5. The molecule has 2 fully saturated rings. The lowest BCUT2D eigenvalue weighted by atomic mass is 9.67. The molecule has 4 aliphatic rings. The third kappa shape index (κ3) is 5.54. The highest BCUT2D eigenvalue weighted by Gasteiger charge is 2.33. The number of Topliss-reactive ketones (excluding diaryl/α,β-unsaturated/α-hetero) is 1. The number of carbonyl (C=O) groups excluding carboxylic acids is 1. The average Bonchev–Trinajstić information content (AvgIpc) is 3.05. The van der Waals surface area contributed by atoms with Crippen LogP contribution in [-0.4, -0.2) is 53.5 Å². The Balaban J connectivity index is 1.10. The standard InChI is InChI=1S/C36H38FN5O2/c1-40-13-15-42(16-14-40)29-9-12-35(38-21-29)39-33-19-28(22-41(2)36(33)44)25-8-11-32(37)27(17-25)20-34(43)26-7-10-30-23-3-5-24(6-4-23)31(30)18-26/h7-12,17-19,21-24H,3-6,13-16,20H2,1-2H3,(H,38,39). The fraction of sp³-hybridized carbons (Fsp3) is 0.361. The molecule has 0 unspecified atom stereocenters. The number of fused-ring (bicyclic) bond motifs is 2. The number of nitrogens with zero attached hydrogens (tertiary/aromatic N) is 4. The van der Waals surface area contributed by atoms with Gasteiger partial charge >= 0.3 is 0 Å². The van der Waals surface area contributed by atoms with Gasteiger partial charge in [-0.15, -0.1) is 0 Å². The molecule has 1 saturated heterocycles. The highest BCUT2D eigenvalue weighted by Crippen LogP contribution is 2.49. The Kier molecular flexibility index (Phi) is 7.54. The Morgan fingerprint density at radius 3 is 2.36 bits per heavy atom. The lowest BCUT2D eigenvalue weighted by molar-refractivity contribution is 0.0991. The van der Waals surface area contributed by atoms with Crippen LogP contribution < -0.4 is 15.8 Å². The van der Waals surface area contributed by atoms with Gasteiger partial charge in [-0.3, -0.25) is 9.59 Å². The lowest BCUT2D eigenvalue weighted by Gasteiger charge is -2.38. The van der Waals surface area contributed by atoms with E-state index < -0.39 is 5.82 Å². The van der Waals surface area contributed by atoms with Crippen molar-refractivity contribution in [2.24, 2.45) is 7.05 Å². The Bertz CT molecular complexity index is 1770. The van der Waals surface area contributed by atoms with Crippen molar-refractivity contribution in [2.75, 3.05) is 43.4 Å². The fourth-order valence-electron chi connectivity index (χ4n) is 7.16. The van der Waals surface area contributed by atoms with Crippen LogP contribution in [0.4, 0.5) is 21.6 Å². The van der Waals surface area contributed by atoms with Crippen molar-refractivity contribution in [3.05, 3.63) is 105 Å². The van der Waals surface area contributed by atoms with E-state index in [1.807, 2.05) is 24.4 Å². The topological polar surface area (TPSA) is 70.5 Å². The molecule has 3 aliphatic carbocycles. The SMILES string of the molecule is CN1CCN(c2ccc(Nc3cc(-c4ccc(F)c(CC(=O)c5ccc6c(c5)C5CCC6CC5)c4)cn(C)c3=O)nc2)CC1. The van der Waals surface area contributed by atoms with Crippen LogP contribution in [0.25, 0.3) is 11.1 Å². The molecular formula is C36H38FN5O2. The van der Waals surface area contributed by atoms with Crippen molar-refractivity contribution < 1.29 is 9.18 Å². The van der Waals surface area contributed by atoms with E-state index >= 15 is 4.39 Å². The minimum atomic E-state index is -0.410. The van der Waals surface area contributed by atoms with Crippen LogP contribution in [0, 0.1) is 5.82 Å². The van der Waals surface area contributed by atoms with Crippen LogP contribution in [0.2, 0.25) is 0 Å². The summed E-state index contributed by atoms with van der Waals surface area (Å²) in [5.41, 5.74) is 6.42. The number of halogens is 1. The highest BCUT2D eigenvalue weighted by atomic mass is 19.1. The third-order valence-corrected chi connectivity index (χ3v) is 9.81. The quantitative estimate of drug-likeness (QED) is 0.256. The smallest absolute Gasteiger partial charge is 0.274 e. The number of hydrogen-bond donors (Lipinski definition) is 1. The Hall–Kier alpha value is -4.30. The molecular weight excluding hydrogens is 553 g/mol. The number of carbonyl (C=O) groups is 1. The summed E-state index contributed by atoms with van der Waals surface area (Å²) in [4.78, 5) is 35.6. The van der Waals surface area contributed by atoms with Gasteiger partial charge in [0.1, 0.15) is 17.3 Å². The Morgan fingerprint density at radius 1 is 0.886 bits per heavy atom. The molecule has 8 rings (SSSR count). The summed E-state index contributed by atoms with van der Waals surface area (Å²) in [5, 5.41) is 3.18. The maximum absolute atomic E-state index is 15.0. The number of likely N-dealkylation sites (N-methyl/N-ethyl adjacent to an activating group) is 1. The molecule has 2 aromatic heterocycles. The second-order valence-electron chi connectivity index (χ2n) is 12.7. The average molecular weight is 592 g/mol. The third-order valence-electron chi connectivity index (χ3n) is 9.81. The van der Waals surface area contributed by atoms with Crippen molar-refractivity contribution in [3.8, 4) is 11.1 Å². The summed E-state index contributed by atoms with van der Waals surface area (Å²) in [6.07, 6.45) is 8.41. The highest BCUT2D eigenvalue weighted by molar-refractivity contribution is 5.98. The van der Waals surface area contributed by atoms with Crippen molar-refractivity contribution in [1.82, 2.24) is 14.5 Å². The molecule has 7 nitrogen and oxygen atoms in total. The predicted octanol–water partition coefficient (Wildman–Crippen LogP) is 6.26. The first-order valence-electron chi connectivity index (χ1n) is 15.7. The van der Waals surface area contributed by atoms with Crippen molar-refractivity contribution in [2.45, 2.75) is 43.9 Å². The molecule has 226 valence electrons. The lowest BCUT2D eigenvalue weighted by Crippen LogP contribution is -2.44. The number of benzene rings is 2. The molecule has 0 amide bonds. The summed E-state index contributed by atoms with van der Waals surface area (Å²) >= 11 is 0. The number of rotatable bonds is 7. The summed E-state index contributed by atoms with van der Waals surface area (Å²) in [6, 6.07) is 16.6. The molecule has 8 heteroatoms. The number of hydrogen-bond acceptors (Lipinski definition) is 6. The van der Waals surface area contributed by atoms with Gasteiger partial charge in [-0.1, -0.05) is 18.2 Å². The van der Waals surface area contributed by atoms with E-state index in [4.69, 9.17) is 0 Å². The van der Waals surface area contributed by atoms with E-state index in [1.54, 1.807) is 31.4 Å². The first-order chi connectivity index (χ1) is 21.3. The number of aromatic nitrogens is 2. The number of pyridine rings is 2. The van der Waals surface area contributed by atoms with Crippen molar-refractivity contribution in [1.29, 1.82) is 0 Å². The number of piperazine rings is 1. The van der Waals surface area contributed by atoms with Crippen LogP contribution in [-0.2, 0) is 13.5 Å². The molecule has 0 spiro atoms. The molecule has 3 heterocycles. The van der Waals surface area contributed by atoms with E-state index in [-0.39, 0.29) is 17.8 Å². The van der Waals surface area contributed by atoms with Gasteiger partial charge in [0.25, 0.3) is 5.56 Å². The number of aryl methyl sites for hydroxylation is 1. The largest absolute Gasteiger partial charge is 0.368 e. The van der Waals surface area contributed by atoms with E-state index in [9.17, 15) is 9.59 Å². The van der Waals surface area contributed by atoms with Crippen LogP contribution in [0.3, 0.4) is 0 Å². The van der Waals surface area contributed by atoms with Gasteiger partial charge in [-0.2, -0.15) is 0 Å². The Morgan fingerprint density at radius 2 is 1.64 bits per heavy atom. The van der Waals surface area contributed by atoms with Gasteiger partial charge in [-0.25, -0.2) is 9.37 Å². The first kappa shape index (κ1) is 28.5. The summed E-state index contributed by atoms with van der Waals surface area (Å²) in [6.45, 7) is 3.92. The Labute approximate surface area is 257 Å². The predicted molar refractivity (Wildman–Crippen MR) is 173 cm³/mol. The molecule has 1 aliphatic heterocycles. The molecule has 1 N–H and O–H groups in total. The fourth-order valence-corrected chi connectivity index (χ4v) is 7.16. The second-order valence-corrected chi connectivity index (χ2v) is 12.7. The van der Waals surface area contributed by atoms with E-state index in [2.05, 4.69) is 39.3 Å². The van der Waals surface area contributed by atoms with E-state index in [1.165, 1.54) is 47.4 Å². The summed E-state index contributed by atoms with van der Waals surface area (Å²) in [5.74, 6) is 1.24. The minimum absolute atomic E-state index is 0.0208. The zero-order valence-electron chi connectivity index (χ0n) is 25.4.